The lowest BCUT2D eigenvalue weighted by Gasteiger charge is -2.22. The molecule has 1 aromatic carbocycles. The maximum Gasteiger partial charge on any atom is 0.287 e. The van der Waals surface area contributed by atoms with Gasteiger partial charge in [-0.2, -0.15) is 0 Å². The van der Waals surface area contributed by atoms with Crippen LogP contribution in [0.3, 0.4) is 0 Å². The molecule has 1 unspecified atom stereocenters. The van der Waals surface area contributed by atoms with Crippen molar-refractivity contribution in [2.45, 2.75) is 26.2 Å². The maximum atomic E-state index is 12.2. The third-order valence-corrected chi connectivity index (χ3v) is 4.43. The molecular formula is C19H24N2O2. The molecule has 1 aromatic heterocycles. The molecule has 0 bridgehead atoms. The van der Waals surface area contributed by atoms with E-state index >= 15 is 0 Å². The summed E-state index contributed by atoms with van der Waals surface area (Å²) < 4.78 is 5.72. The highest BCUT2D eigenvalue weighted by molar-refractivity contribution is 5.92. The minimum absolute atomic E-state index is 0.132. The van der Waals surface area contributed by atoms with E-state index in [9.17, 15) is 4.79 Å². The Balaban J connectivity index is 1.60. The quantitative estimate of drug-likeness (QED) is 0.891. The van der Waals surface area contributed by atoms with Crippen LogP contribution in [0.1, 0.15) is 35.9 Å². The zero-order valence-corrected chi connectivity index (χ0v) is 13.6. The molecule has 4 heteroatoms. The molecule has 1 amide bonds. The molecule has 0 spiro atoms. The smallest absolute Gasteiger partial charge is 0.287 e. The second kappa shape index (κ2) is 7.47. The SMILES string of the molecule is CCc1ccc(-c2ccc(C(=O)NCC3CCCNC3)o2)cc1. The van der Waals surface area contributed by atoms with Crippen LogP contribution in [0.25, 0.3) is 11.3 Å². The number of nitrogens with one attached hydrogen (secondary N) is 2. The Morgan fingerprint density at radius 1 is 1.26 bits per heavy atom. The Labute approximate surface area is 137 Å². The van der Waals surface area contributed by atoms with Gasteiger partial charge in [-0.05, 0) is 56.0 Å². The number of carbonyl (C=O) groups excluding carboxylic acids is 1. The molecule has 2 heterocycles. The van der Waals surface area contributed by atoms with Gasteiger partial charge in [0.2, 0.25) is 0 Å². The Hall–Kier alpha value is -2.07. The van der Waals surface area contributed by atoms with E-state index in [1.54, 1.807) is 6.07 Å². The first-order chi connectivity index (χ1) is 11.3. The first kappa shape index (κ1) is 15.8. The van der Waals surface area contributed by atoms with Gasteiger partial charge in [0.05, 0.1) is 0 Å². The van der Waals surface area contributed by atoms with Gasteiger partial charge in [0.25, 0.3) is 5.91 Å². The van der Waals surface area contributed by atoms with Gasteiger partial charge in [0.15, 0.2) is 5.76 Å². The lowest BCUT2D eigenvalue weighted by atomic mass is 10.00. The first-order valence-electron chi connectivity index (χ1n) is 8.44. The van der Waals surface area contributed by atoms with Crippen LogP contribution in [0.4, 0.5) is 0 Å². The van der Waals surface area contributed by atoms with Crippen molar-refractivity contribution in [1.29, 1.82) is 0 Å². The van der Waals surface area contributed by atoms with Gasteiger partial charge in [0.1, 0.15) is 5.76 Å². The van der Waals surface area contributed by atoms with Crippen molar-refractivity contribution in [2.75, 3.05) is 19.6 Å². The van der Waals surface area contributed by atoms with Crippen LogP contribution in [0.2, 0.25) is 0 Å². The fraction of sp³-hybridized carbons (Fsp3) is 0.421. The topological polar surface area (TPSA) is 54.3 Å². The highest BCUT2D eigenvalue weighted by Crippen LogP contribution is 2.23. The van der Waals surface area contributed by atoms with Crippen LogP contribution >= 0.6 is 0 Å². The summed E-state index contributed by atoms with van der Waals surface area (Å²) in [5.41, 5.74) is 2.29. The van der Waals surface area contributed by atoms with E-state index in [0.717, 1.165) is 30.8 Å². The largest absolute Gasteiger partial charge is 0.451 e. The van der Waals surface area contributed by atoms with Crippen molar-refractivity contribution in [3.05, 3.63) is 47.7 Å². The molecule has 1 aliphatic rings. The van der Waals surface area contributed by atoms with Gasteiger partial charge in [0, 0.05) is 12.1 Å². The number of benzene rings is 1. The monoisotopic (exact) mass is 312 g/mol. The number of aryl methyl sites for hydroxylation is 1. The van der Waals surface area contributed by atoms with E-state index in [2.05, 4.69) is 29.7 Å². The Morgan fingerprint density at radius 2 is 2.09 bits per heavy atom. The van der Waals surface area contributed by atoms with Crippen LogP contribution < -0.4 is 10.6 Å². The number of carbonyl (C=O) groups is 1. The van der Waals surface area contributed by atoms with Gasteiger partial charge in [-0.1, -0.05) is 31.2 Å². The average Bonchev–Trinajstić information content (AvgIpc) is 3.11. The second-order valence-electron chi connectivity index (χ2n) is 6.14. The molecule has 1 atom stereocenters. The van der Waals surface area contributed by atoms with Crippen molar-refractivity contribution in [1.82, 2.24) is 10.6 Å². The van der Waals surface area contributed by atoms with E-state index in [1.807, 2.05) is 18.2 Å². The normalized spacial score (nSPS) is 17.9. The predicted octanol–water partition coefficient (Wildman–Crippen LogP) is 3.24. The minimum Gasteiger partial charge on any atom is -0.451 e. The molecule has 0 radical (unpaired) electrons. The molecule has 1 aliphatic heterocycles. The van der Waals surface area contributed by atoms with Crippen LogP contribution in [0.15, 0.2) is 40.8 Å². The Kier molecular flexibility index (Phi) is 5.13. The van der Waals surface area contributed by atoms with Crippen molar-refractivity contribution >= 4 is 5.91 Å². The summed E-state index contributed by atoms with van der Waals surface area (Å²) in [5.74, 6) is 1.50. The third kappa shape index (κ3) is 4.02. The van der Waals surface area contributed by atoms with Gasteiger partial charge in [-0.25, -0.2) is 0 Å². The summed E-state index contributed by atoms with van der Waals surface area (Å²) in [6.07, 6.45) is 3.36. The maximum absolute atomic E-state index is 12.2. The van der Waals surface area contributed by atoms with E-state index in [-0.39, 0.29) is 5.91 Å². The van der Waals surface area contributed by atoms with E-state index in [1.165, 1.54) is 18.4 Å². The predicted molar refractivity (Wildman–Crippen MR) is 91.4 cm³/mol. The van der Waals surface area contributed by atoms with Gasteiger partial charge in [-0.3, -0.25) is 4.79 Å². The van der Waals surface area contributed by atoms with E-state index in [4.69, 9.17) is 4.42 Å². The molecule has 23 heavy (non-hydrogen) atoms. The molecule has 2 aromatic rings. The summed E-state index contributed by atoms with van der Waals surface area (Å²) in [7, 11) is 0. The summed E-state index contributed by atoms with van der Waals surface area (Å²) >= 11 is 0. The number of hydrogen-bond donors (Lipinski definition) is 2. The number of furan rings is 1. The lowest BCUT2D eigenvalue weighted by Crippen LogP contribution is -2.38. The van der Waals surface area contributed by atoms with Crippen LogP contribution in [0.5, 0.6) is 0 Å². The van der Waals surface area contributed by atoms with Crippen molar-refractivity contribution in [3.63, 3.8) is 0 Å². The molecule has 3 rings (SSSR count). The average molecular weight is 312 g/mol. The van der Waals surface area contributed by atoms with Crippen LogP contribution in [0, 0.1) is 5.92 Å². The fourth-order valence-electron chi connectivity index (χ4n) is 2.94. The third-order valence-electron chi connectivity index (χ3n) is 4.43. The van der Waals surface area contributed by atoms with Crippen molar-refractivity contribution in [3.8, 4) is 11.3 Å². The molecule has 1 fully saturated rings. The Bertz CT molecular complexity index is 640. The van der Waals surface area contributed by atoms with Crippen LogP contribution in [-0.4, -0.2) is 25.5 Å². The van der Waals surface area contributed by atoms with Gasteiger partial charge < -0.3 is 15.1 Å². The first-order valence-corrected chi connectivity index (χ1v) is 8.44. The minimum atomic E-state index is -0.132. The van der Waals surface area contributed by atoms with Crippen LogP contribution in [-0.2, 0) is 6.42 Å². The fourth-order valence-corrected chi connectivity index (χ4v) is 2.94. The zero-order chi connectivity index (χ0) is 16.1. The van der Waals surface area contributed by atoms with E-state index in [0.29, 0.717) is 18.2 Å². The molecule has 4 nitrogen and oxygen atoms in total. The van der Waals surface area contributed by atoms with Crippen molar-refractivity contribution < 1.29 is 9.21 Å². The Morgan fingerprint density at radius 3 is 2.78 bits per heavy atom. The lowest BCUT2D eigenvalue weighted by molar-refractivity contribution is 0.0918. The summed E-state index contributed by atoms with van der Waals surface area (Å²) in [6.45, 7) is 4.90. The highest BCUT2D eigenvalue weighted by atomic mass is 16.3. The number of piperidine rings is 1. The number of amides is 1. The molecular weight excluding hydrogens is 288 g/mol. The van der Waals surface area contributed by atoms with Gasteiger partial charge in [-0.15, -0.1) is 0 Å². The number of hydrogen-bond acceptors (Lipinski definition) is 3. The van der Waals surface area contributed by atoms with Crippen molar-refractivity contribution in [2.24, 2.45) is 5.92 Å². The van der Waals surface area contributed by atoms with Gasteiger partial charge >= 0.3 is 0 Å². The summed E-state index contributed by atoms with van der Waals surface area (Å²) in [6, 6.07) is 11.9. The molecule has 122 valence electrons. The zero-order valence-electron chi connectivity index (χ0n) is 13.6. The van der Waals surface area contributed by atoms with E-state index < -0.39 is 0 Å². The second-order valence-corrected chi connectivity index (χ2v) is 6.14. The molecule has 1 saturated heterocycles. The highest BCUT2D eigenvalue weighted by Gasteiger charge is 2.16. The standard InChI is InChI=1S/C19H24N2O2/c1-2-14-5-7-16(8-6-14)17-9-10-18(23-17)19(22)21-13-15-4-3-11-20-12-15/h5-10,15,20H,2-4,11-13H2,1H3,(H,21,22). The summed E-state index contributed by atoms with van der Waals surface area (Å²) in [4.78, 5) is 12.2. The summed E-state index contributed by atoms with van der Waals surface area (Å²) in [5, 5.41) is 6.34. The number of rotatable bonds is 5. The molecule has 2 N–H and O–H groups in total. The molecule has 0 saturated carbocycles. The molecule has 0 aliphatic carbocycles.